The molecular weight excluding hydrogens is 477 g/mol. The van der Waals surface area contributed by atoms with Crippen molar-refractivity contribution in [3.8, 4) is 5.75 Å². The zero-order valence-electron chi connectivity index (χ0n) is 14.7. The Labute approximate surface area is 175 Å². The number of amides is 1. The third-order valence-electron chi connectivity index (χ3n) is 4.25. The van der Waals surface area contributed by atoms with Crippen molar-refractivity contribution in [2.24, 2.45) is 0 Å². The molecule has 3 heterocycles. The summed E-state index contributed by atoms with van der Waals surface area (Å²) >= 11 is 4.27. The highest BCUT2D eigenvalue weighted by atomic mass is 79.9. The summed E-state index contributed by atoms with van der Waals surface area (Å²) in [5.41, 5.74) is 0.463. The number of anilines is 1. The zero-order valence-corrected chi connectivity index (χ0v) is 17.1. The van der Waals surface area contributed by atoms with Crippen LogP contribution in [0.5, 0.6) is 5.75 Å². The standard InChI is InChI=1S/C18H14BrF3N2O4S/c19-15-6-5-13(27-15)16(25)24(9-11-2-1-7-26-11)17-23-12-4-3-10(8-14(12)29-17)28-18(20,21)22/h3-6,8,11H,1-2,7,9H2. The third-order valence-corrected chi connectivity index (χ3v) is 5.72. The van der Waals surface area contributed by atoms with Gasteiger partial charge < -0.3 is 13.9 Å². The fourth-order valence-corrected chi connectivity index (χ4v) is 4.32. The van der Waals surface area contributed by atoms with Gasteiger partial charge in [-0.25, -0.2) is 4.98 Å². The summed E-state index contributed by atoms with van der Waals surface area (Å²) in [5, 5.41) is 0.345. The predicted molar refractivity (Wildman–Crippen MR) is 103 cm³/mol. The number of rotatable bonds is 5. The molecule has 6 nitrogen and oxygen atoms in total. The summed E-state index contributed by atoms with van der Waals surface area (Å²) in [4.78, 5) is 18.9. The molecule has 1 unspecified atom stereocenters. The maximum atomic E-state index is 13.0. The molecule has 1 amide bonds. The first-order valence-corrected chi connectivity index (χ1v) is 10.2. The Hall–Kier alpha value is -2.11. The lowest BCUT2D eigenvalue weighted by molar-refractivity contribution is -0.274. The molecule has 11 heteroatoms. The largest absolute Gasteiger partial charge is 0.573 e. The van der Waals surface area contributed by atoms with Crippen LogP contribution in [0.2, 0.25) is 0 Å². The SMILES string of the molecule is O=C(c1ccc(Br)o1)N(CC1CCCO1)c1nc2ccc(OC(F)(F)F)cc2s1. The molecule has 29 heavy (non-hydrogen) atoms. The number of hydrogen-bond donors (Lipinski definition) is 0. The van der Waals surface area contributed by atoms with E-state index in [0.717, 1.165) is 24.2 Å². The quantitative estimate of drug-likeness (QED) is 0.480. The van der Waals surface area contributed by atoms with Crippen molar-refractivity contribution in [1.29, 1.82) is 0 Å². The highest BCUT2D eigenvalue weighted by molar-refractivity contribution is 9.10. The van der Waals surface area contributed by atoms with E-state index in [1.165, 1.54) is 29.2 Å². The second-order valence-corrected chi connectivity index (χ2v) is 8.12. The fraction of sp³-hybridized carbons (Fsp3) is 0.333. The minimum absolute atomic E-state index is 0.121. The summed E-state index contributed by atoms with van der Waals surface area (Å²) in [6.45, 7) is 0.889. The van der Waals surface area contributed by atoms with Gasteiger partial charge in [0.2, 0.25) is 0 Å². The summed E-state index contributed by atoms with van der Waals surface area (Å²) in [6, 6.07) is 7.01. The molecule has 154 valence electrons. The average molecular weight is 491 g/mol. The van der Waals surface area contributed by atoms with Crippen molar-refractivity contribution in [1.82, 2.24) is 4.98 Å². The van der Waals surface area contributed by atoms with Crippen LogP contribution >= 0.6 is 27.3 Å². The molecule has 1 saturated heterocycles. The Balaban J connectivity index is 1.67. The van der Waals surface area contributed by atoms with E-state index in [9.17, 15) is 18.0 Å². The molecule has 0 N–H and O–H groups in total. The van der Waals surface area contributed by atoms with Crippen LogP contribution < -0.4 is 9.64 Å². The van der Waals surface area contributed by atoms with Gasteiger partial charge in [-0.2, -0.15) is 0 Å². The number of benzene rings is 1. The van der Waals surface area contributed by atoms with Crippen molar-refractivity contribution in [3.05, 3.63) is 40.8 Å². The van der Waals surface area contributed by atoms with E-state index in [2.05, 4.69) is 25.7 Å². The maximum absolute atomic E-state index is 13.0. The molecule has 2 aromatic heterocycles. The van der Waals surface area contributed by atoms with Crippen LogP contribution in [-0.2, 0) is 4.74 Å². The molecule has 4 rings (SSSR count). The minimum Gasteiger partial charge on any atom is -0.444 e. The number of aromatic nitrogens is 1. The first kappa shape index (κ1) is 20.2. The number of alkyl halides is 3. The maximum Gasteiger partial charge on any atom is 0.573 e. The molecule has 0 aliphatic carbocycles. The first-order valence-electron chi connectivity index (χ1n) is 8.64. The van der Waals surface area contributed by atoms with Crippen LogP contribution in [0.4, 0.5) is 18.3 Å². The number of furan rings is 1. The van der Waals surface area contributed by atoms with Crippen LogP contribution in [0.25, 0.3) is 10.2 Å². The number of ether oxygens (including phenoxy) is 2. The Morgan fingerprint density at radius 3 is 2.83 bits per heavy atom. The van der Waals surface area contributed by atoms with E-state index in [-0.39, 0.29) is 24.2 Å². The van der Waals surface area contributed by atoms with E-state index in [4.69, 9.17) is 9.15 Å². The van der Waals surface area contributed by atoms with Gasteiger partial charge in [0.25, 0.3) is 5.91 Å². The number of thiazole rings is 1. The van der Waals surface area contributed by atoms with Crippen LogP contribution in [0.1, 0.15) is 23.4 Å². The second-order valence-electron chi connectivity index (χ2n) is 6.33. The predicted octanol–water partition coefficient (Wildman–Crippen LogP) is 5.38. The molecule has 1 aromatic carbocycles. The molecule has 0 bridgehead atoms. The highest BCUT2D eigenvalue weighted by Crippen LogP contribution is 2.34. The van der Waals surface area contributed by atoms with Crippen LogP contribution in [0.3, 0.4) is 0 Å². The van der Waals surface area contributed by atoms with Crippen molar-refractivity contribution in [2.75, 3.05) is 18.1 Å². The van der Waals surface area contributed by atoms with Crippen molar-refractivity contribution < 1.29 is 31.9 Å². The Morgan fingerprint density at radius 2 is 2.17 bits per heavy atom. The molecular formula is C18H14BrF3N2O4S. The molecule has 0 radical (unpaired) electrons. The summed E-state index contributed by atoms with van der Waals surface area (Å²) in [7, 11) is 0. The van der Waals surface area contributed by atoms with Crippen LogP contribution in [0, 0.1) is 0 Å². The number of hydrogen-bond acceptors (Lipinski definition) is 6. The van der Waals surface area contributed by atoms with Gasteiger partial charge in [0.15, 0.2) is 15.6 Å². The molecule has 1 fully saturated rings. The normalized spacial score (nSPS) is 17.0. The number of carbonyl (C=O) groups is 1. The Morgan fingerprint density at radius 1 is 1.34 bits per heavy atom. The molecule has 1 atom stereocenters. The molecule has 1 aliphatic heterocycles. The lowest BCUT2D eigenvalue weighted by Gasteiger charge is -2.22. The number of halogens is 4. The molecule has 0 saturated carbocycles. The monoisotopic (exact) mass is 490 g/mol. The van der Waals surface area contributed by atoms with Crippen molar-refractivity contribution >= 4 is 48.5 Å². The molecule has 0 spiro atoms. The number of carbonyl (C=O) groups excluding carboxylic acids is 1. The fourth-order valence-electron chi connectivity index (χ4n) is 3.01. The van der Waals surface area contributed by atoms with Gasteiger partial charge in [0.05, 0.1) is 22.9 Å². The average Bonchev–Trinajstić information content (AvgIpc) is 3.37. The lowest BCUT2D eigenvalue weighted by Crippen LogP contribution is -2.37. The van der Waals surface area contributed by atoms with E-state index < -0.39 is 12.3 Å². The highest BCUT2D eigenvalue weighted by Gasteiger charge is 2.32. The summed E-state index contributed by atoms with van der Waals surface area (Å²) < 4.78 is 53.3. The topological polar surface area (TPSA) is 64.8 Å². The zero-order chi connectivity index (χ0) is 20.6. The summed E-state index contributed by atoms with van der Waals surface area (Å²) in [6.07, 6.45) is -3.22. The molecule has 3 aromatic rings. The van der Waals surface area contributed by atoms with Gasteiger partial charge in [-0.05, 0) is 53.0 Å². The minimum atomic E-state index is -4.78. The smallest absolute Gasteiger partial charge is 0.444 e. The number of nitrogens with zero attached hydrogens (tertiary/aromatic N) is 2. The van der Waals surface area contributed by atoms with Crippen LogP contribution in [-0.4, -0.2) is 36.5 Å². The molecule has 1 aliphatic rings. The number of fused-ring (bicyclic) bond motifs is 1. The third kappa shape index (κ3) is 4.73. The van der Waals surface area contributed by atoms with Crippen molar-refractivity contribution in [3.63, 3.8) is 0 Å². The van der Waals surface area contributed by atoms with Crippen LogP contribution in [0.15, 0.2) is 39.4 Å². The van der Waals surface area contributed by atoms with Gasteiger partial charge in [0.1, 0.15) is 5.75 Å². The van der Waals surface area contributed by atoms with Gasteiger partial charge in [-0.1, -0.05) is 11.3 Å². The van der Waals surface area contributed by atoms with E-state index in [1.54, 1.807) is 6.07 Å². The van der Waals surface area contributed by atoms with Gasteiger partial charge in [-0.15, -0.1) is 13.2 Å². The second kappa shape index (κ2) is 7.96. The van der Waals surface area contributed by atoms with Gasteiger partial charge in [0, 0.05) is 12.7 Å². The van der Waals surface area contributed by atoms with E-state index in [0.29, 0.717) is 26.6 Å². The summed E-state index contributed by atoms with van der Waals surface area (Å²) in [5.74, 6) is -0.626. The first-order chi connectivity index (χ1) is 13.8. The van der Waals surface area contributed by atoms with Gasteiger partial charge in [-0.3, -0.25) is 9.69 Å². The Bertz CT molecular complexity index is 1030. The lowest BCUT2D eigenvalue weighted by atomic mass is 10.2. The van der Waals surface area contributed by atoms with E-state index in [1.807, 2.05) is 0 Å². The van der Waals surface area contributed by atoms with Crippen molar-refractivity contribution in [2.45, 2.75) is 25.3 Å². The van der Waals surface area contributed by atoms with Gasteiger partial charge >= 0.3 is 6.36 Å². The van der Waals surface area contributed by atoms with E-state index >= 15 is 0 Å². The Kier molecular flexibility index (Phi) is 5.54.